The van der Waals surface area contributed by atoms with Gasteiger partial charge in [0.05, 0.1) is 5.92 Å². The van der Waals surface area contributed by atoms with Crippen LogP contribution >= 0.6 is 0 Å². The summed E-state index contributed by atoms with van der Waals surface area (Å²) in [5.74, 6) is -0.503. The molecule has 0 radical (unpaired) electrons. The van der Waals surface area contributed by atoms with E-state index in [2.05, 4.69) is 10.2 Å². The van der Waals surface area contributed by atoms with E-state index in [1.54, 1.807) is 25.3 Å². The summed E-state index contributed by atoms with van der Waals surface area (Å²) in [5, 5.41) is 17.0. The molecule has 16 heavy (non-hydrogen) atoms. The molecule has 0 aliphatic carbocycles. The number of aromatic nitrogens is 3. The Hall–Kier alpha value is -1.91. The topological polar surface area (TPSA) is 67.5 Å². The highest BCUT2D eigenvalue weighted by Gasteiger charge is 2.15. The average Bonchev–Trinajstić information content (AvgIpc) is 2.69. The first kappa shape index (κ1) is 10.6. The van der Waals surface area contributed by atoms with Crippen molar-refractivity contribution in [2.24, 2.45) is 0 Å². The van der Waals surface area contributed by atoms with E-state index in [0.29, 0.717) is 0 Å². The molecule has 1 unspecified atom stereocenters. The lowest BCUT2D eigenvalue weighted by Crippen LogP contribution is -2.08. The minimum Gasteiger partial charge on any atom is -0.481 e. The number of hydrogen-bond acceptors (Lipinski definition) is 3. The predicted octanol–water partition coefficient (Wildman–Crippen LogP) is 1.48. The molecule has 0 bridgehead atoms. The van der Waals surface area contributed by atoms with Crippen molar-refractivity contribution in [2.75, 3.05) is 0 Å². The van der Waals surface area contributed by atoms with Crippen LogP contribution in [0.4, 0.5) is 0 Å². The number of aliphatic carboxylic acids is 1. The first-order valence-corrected chi connectivity index (χ1v) is 5.20. The van der Waals surface area contributed by atoms with Gasteiger partial charge in [-0.1, -0.05) is 13.0 Å². The van der Waals surface area contributed by atoms with Gasteiger partial charge >= 0.3 is 5.97 Å². The van der Waals surface area contributed by atoms with E-state index in [4.69, 9.17) is 5.11 Å². The van der Waals surface area contributed by atoms with Crippen LogP contribution < -0.4 is 0 Å². The Morgan fingerprint density at radius 2 is 2.25 bits per heavy atom. The van der Waals surface area contributed by atoms with Gasteiger partial charge in [-0.05, 0) is 18.6 Å². The molecule has 0 aromatic carbocycles. The molecule has 2 aromatic heterocycles. The molecule has 84 valence electrons. The smallest absolute Gasteiger partial charge is 0.310 e. The van der Waals surface area contributed by atoms with E-state index in [0.717, 1.165) is 23.5 Å². The molecular formula is C11H13N3O2. The first-order valence-electron chi connectivity index (χ1n) is 5.20. The third-order valence-corrected chi connectivity index (χ3v) is 2.68. The SMILES string of the molecule is CCc1nnc2ccc(C(C)C(=O)O)cn12. The molecule has 0 fully saturated rings. The van der Waals surface area contributed by atoms with Gasteiger partial charge in [-0.3, -0.25) is 9.20 Å². The van der Waals surface area contributed by atoms with Crippen molar-refractivity contribution in [3.8, 4) is 0 Å². The van der Waals surface area contributed by atoms with Crippen LogP contribution in [0.25, 0.3) is 5.65 Å². The Bertz CT molecular complexity index is 533. The molecule has 1 N–H and O–H groups in total. The van der Waals surface area contributed by atoms with Gasteiger partial charge in [-0.25, -0.2) is 0 Å². The largest absolute Gasteiger partial charge is 0.481 e. The molecule has 2 aromatic rings. The molecule has 0 amide bonds. The molecule has 2 heterocycles. The molecule has 0 saturated heterocycles. The Kier molecular flexibility index (Phi) is 2.60. The zero-order valence-corrected chi connectivity index (χ0v) is 9.21. The molecule has 1 atom stereocenters. The van der Waals surface area contributed by atoms with Crippen molar-refractivity contribution in [3.05, 3.63) is 29.7 Å². The molecule has 5 nitrogen and oxygen atoms in total. The van der Waals surface area contributed by atoms with E-state index in [1.165, 1.54) is 0 Å². The minimum atomic E-state index is -0.828. The number of fused-ring (bicyclic) bond motifs is 1. The van der Waals surface area contributed by atoms with Gasteiger partial charge in [0, 0.05) is 12.6 Å². The van der Waals surface area contributed by atoms with Crippen LogP contribution in [-0.4, -0.2) is 25.7 Å². The Balaban J connectivity index is 2.53. The minimum absolute atomic E-state index is 0.517. The number of hydrogen-bond donors (Lipinski definition) is 1. The lowest BCUT2D eigenvalue weighted by molar-refractivity contribution is -0.138. The summed E-state index contributed by atoms with van der Waals surface area (Å²) < 4.78 is 1.84. The van der Waals surface area contributed by atoms with Gasteiger partial charge in [-0.2, -0.15) is 0 Å². The van der Waals surface area contributed by atoms with Crippen LogP contribution in [0, 0.1) is 0 Å². The fourth-order valence-electron chi connectivity index (χ4n) is 1.59. The van der Waals surface area contributed by atoms with E-state index in [9.17, 15) is 4.79 Å². The van der Waals surface area contributed by atoms with Gasteiger partial charge in [0.1, 0.15) is 5.82 Å². The normalized spacial score (nSPS) is 12.9. The van der Waals surface area contributed by atoms with E-state index in [-0.39, 0.29) is 0 Å². The molecule has 2 rings (SSSR count). The van der Waals surface area contributed by atoms with Crippen LogP contribution in [0.5, 0.6) is 0 Å². The predicted molar refractivity (Wildman–Crippen MR) is 58.4 cm³/mol. The summed E-state index contributed by atoms with van der Waals surface area (Å²) >= 11 is 0. The lowest BCUT2D eigenvalue weighted by atomic mass is 10.0. The number of pyridine rings is 1. The van der Waals surface area contributed by atoms with Crippen LogP contribution in [-0.2, 0) is 11.2 Å². The fraction of sp³-hybridized carbons (Fsp3) is 0.364. The molecule has 0 spiro atoms. The number of carboxylic acid groups (broad SMARTS) is 1. The summed E-state index contributed by atoms with van der Waals surface area (Å²) in [4.78, 5) is 10.9. The highest BCUT2D eigenvalue weighted by Crippen LogP contribution is 2.16. The van der Waals surface area contributed by atoms with Gasteiger partial charge in [-0.15, -0.1) is 10.2 Å². The third kappa shape index (κ3) is 1.64. The van der Waals surface area contributed by atoms with E-state index >= 15 is 0 Å². The van der Waals surface area contributed by atoms with Crippen molar-refractivity contribution in [1.82, 2.24) is 14.6 Å². The van der Waals surface area contributed by atoms with Crippen molar-refractivity contribution in [1.29, 1.82) is 0 Å². The maximum absolute atomic E-state index is 10.9. The monoisotopic (exact) mass is 219 g/mol. The van der Waals surface area contributed by atoms with Gasteiger partial charge in [0.15, 0.2) is 5.65 Å². The van der Waals surface area contributed by atoms with Crippen molar-refractivity contribution in [2.45, 2.75) is 26.2 Å². The summed E-state index contributed by atoms with van der Waals surface area (Å²) in [6, 6.07) is 3.57. The number of nitrogens with zero attached hydrogens (tertiary/aromatic N) is 3. The second-order valence-electron chi connectivity index (χ2n) is 3.72. The highest BCUT2D eigenvalue weighted by atomic mass is 16.4. The average molecular weight is 219 g/mol. The second kappa shape index (κ2) is 3.92. The number of carboxylic acids is 1. The highest BCUT2D eigenvalue weighted by molar-refractivity contribution is 5.75. The van der Waals surface area contributed by atoms with Crippen molar-refractivity contribution >= 4 is 11.6 Å². The Morgan fingerprint density at radius 3 is 2.88 bits per heavy atom. The second-order valence-corrected chi connectivity index (χ2v) is 3.72. The fourth-order valence-corrected chi connectivity index (χ4v) is 1.59. The molecule has 5 heteroatoms. The van der Waals surface area contributed by atoms with Crippen LogP contribution in [0.3, 0.4) is 0 Å². The molecule has 0 saturated carbocycles. The van der Waals surface area contributed by atoms with Crippen molar-refractivity contribution < 1.29 is 9.90 Å². The van der Waals surface area contributed by atoms with E-state index < -0.39 is 11.9 Å². The van der Waals surface area contributed by atoms with E-state index in [1.807, 2.05) is 11.3 Å². The third-order valence-electron chi connectivity index (χ3n) is 2.68. The van der Waals surface area contributed by atoms with Crippen LogP contribution in [0.1, 0.15) is 31.2 Å². The maximum atomic E-state index is 10.9. The standard InChI is InChI=1S/C11H13N3O2/c1-3-9-12-13-10-5-4-8(6-14(9)10)7(2)11(15)16/h4-7H,3H2,1-2H3,(H,15,16). The first-order chi connectivity index (χ1) is 7.63. The zero-order valence-electron chi connectivity index (χ0n) is 9.21. The maximum Gasteiger partial charge on any atom is 0.310 e. The summed E-state index contributed by atoms with van der Waals surface area (Å²) in [7, 11) is 0. The summed E-state index contributed by atoms with van der Waals surface area (Å²) in [5.41, 5.74) is 1.51. The quantitative estimate of drug-likeness (QED) is 0.849. The summed E-state index contributed by atoms with van der Waals surface area (Å²) in [6.45, 7) is 3.66. The number of aryl methyl sites for hydroxylation is 1. The Labute approximate surface area is 92.7 Å². The lowest BCUT2D eigenvalue weighted by Gasteiger charge is -2.07. The summed E-state index contributed by atoms with van der Waals surface area (Å²) in [6.07, 6.45) is 2.57. The van der Waals surface area contributed by atoms with Gasteiger partial charge < -0.3 is 5.11 Å². The Morgan fingerprint density at radius 1 is 1.50 bits per heavy atom. The number of carbonyl (C=O) groups is 1. The molecular weight excluding hydrogens is 206 g/mol. The molecule has 0 aliphatic heterocycles. The van der Waals surface area contributed by atoms with Crippen molar-refractivity contribution in [3.63, 3.8) is 0 Å². The zero-order chi connectivity index (χ0) is 11.7. The number of rotatable bonds is 3. The van der Waals surface area contributed by atoms with Crippen LogP contribution in [0.2, 0.25) is 0 Å². The van der Waals surface area contributed by atoms with Gasteiger partial charge in [0.2, 0.25) is 0 Å². The van der Waals surface area contributed by atoms with Crippen LogP contribution in [0.15, 0.2) is 18.3 Å². The molecule has 0 aliphatic rings. The van der Waals surface area contributed by atoms with Gasteiger partial charge in [0.25, 0.3) is 0 Å².